The fourth-order valence-electron chi connectivity index (χ4n) is 3.23. The number of nitrogens with one attached hydrogen (secondary N) is 1. The van der Waals surface area contributed by atoms with E-state index in [2.05, 4.69) is 10.2 Å². The number of anilines is 2. The van der Waals surface area contributed by atoms with Crippen LogP contribution in [0.5, 0.6) is 0 Å². The van der Waals surface area contributed by atoms with Gasteiger partial charge in [-0.25, -0.2) is 8.42 Å². The highest BCUT2D eigenvalue weighted by Gasteiger charge is 2.19. The average molecular weight is 391 g/mol. The Morgan fingerprint density at radius 1 is 1.15 bits per heavy atom. The predicted octanol–water partition coefficient (Wildman–Crippen LogP) is 2.47. The molecule has 3 rings (SSSR count). The summed E-state index contributed by atoms with van der Waals surface area (Å²) in [5.41, 5.74) is 1.70. The zero-order chi connectivity index (χ0) is 19.3. The maximum Gasteiger partial charge on any atom is 0.287 e. The number of hydrogen-bond donors (Lipinski definition) is 1. The van der Waals surface area contributed by atoms with Gasteiger partial charge in [-0.15, -0.1) is 0 Å². The minimum absolute atomic E-state index is 0.147. The van der Waals surface area contributed by atoms with Crippen molar-refractivity contribution in [3.05, 3.63) is 48.4 Å². The lowest BCUT2D eigenvalue weighted by Gasteiger charge is -2.29. The lowest BCUT2D eigenvalue weighted by molar-refractivity contribution is 0.0927. The van der Waals surface area contributed by atoms with E-state index < -0.39 is 10.0 Å². The Labute approximate surface area is 160 Å². The van der Waals surface area contributed by atoms with E-state index in [9.17, 15) is 13.2 Å². The SMILES string of the molecule is CS(=O)(=O)N(CCNC(=O)c1ccco1)c1ccc(N2CCCCC2)cc1. The van der Waals surface area contributed by atoms with Gasteiger partial charge in [-0.1, -0.05) is 0 Å². The number of rotatable bonds is 7. The summed E-state index contributed by atoms with van der Waals surface area (Å²) in [5, 5.41) is 2.67. The minimum Gasteiger partial charge on any atom is -0.459 e. The fourth-order valence-corrected chi connectivity index (χ4v) is 4.16. The topological polar surface area (TPSA) is 82.9 Å². The third-order valence-electron chi connectivity index (χ3n) is 4.60. The molecule has 2 aromatic rings. The van der Waals surface area contributed by atoms with E-state index in [0.29, 0.717) is 5.69 Å². The van der Waals surface area contributed by atoms with E-state index >= 15 is 0 Å². The van der Waals surface area contributed by atoms with Crippen molar-refractivity contribution in [3.8, 4) is 0 Å². The summed E-state index contributed by atoms with van der Waals surface area (Å²) in [7, 11) is -3.46. The van der Waals surface area contributed by atoms with Crippen LogP contribution in [0.25, 0.3) is 0 Å². The van der Waals surface area contributed by atoms with Gasteiger partial charge in [-0.2, -0.15) is 0 Å². The van der Waals surface area contributed by atoms with Crippen molar-refractivity contribution < 1.29 is 17.6 Å². The molecule has 0 radical (unpaired) electrons. The second-order valence-electron chi connectivity index (χ2n) is 6.63. The quantitative estimate of drug-likeness (QED) is 0.784. The number of benzene rings is 1. The van der Waals surface area contributed by atoms with E-state index in [-0.39, 0.29) is 24.8 Å². The average Bonchev–Trinajstić information content (AvgIpc) is 3.20. The van der Waals surface area contributed by atoms with Gasteiger partial charge in [0.15, 0.2) is 5.76 Å². The van der Waals surface area contributed by atoms with Gasteiger partial charge in [0.25, 0.3) is 5.91 Å². The van der Waals surface area contributed by atoms with Gasteiger partial charge in [0.05, 0.1) is 24.8 Å². The van der Waals surface area contributed by atoms with Crippen molar-refractivity contribution in [3.63, 3.8) is 0 Å². The van der Waals surface area contributed by atoms with Crippen molar-refractivity contribution in [2.75, 3.05) is 41.6 Å². The molecule has 8 heteroatoms. The van der Waals surface area contributed by atoms with Crippen LogP contribution >= 0.6 is 0 Å². The third kappa shape index (κ3) is 5.03. The number of amides is 1. The van der Waals surface area contributed by atoms with E-state index in [1.54, 1.807) is 12.1 Å². The summed E-state index contributed by atoms with van der Waals surface area (Å²) < 4.78 is 30.7. The molecule has 1 aromatic carbocycles. The first kappa shape index (κ1) is 19.3. The highest BCUT2D eigenvalue weighted by Crippen LogP contribution is 2.24. The first-order valence-corrected chi connectivity index (χ1v) is 10.9. The first-order chi connectivity index (χ1) is 12.9. The van der Waals surface area contributed by atoms with Crippen LogP contribution in [0.4, 0.5) is 11.4 Å². The van der Waals surface area contributed by atoms with Gasteiger partial charge >= 0.3 is 0 Å². The fraction of sp³-hybridized carbons (Fsp3) is 0.421. The van der Waals surface area contributed by atoms with Crippen LogP contribution in [0.2, 0.25) is 0 Å². The smallest absolute Gasteiger partial charge is 0.287 e. The van der Waals surface area contributed by atoms with Gasteiger partial charge < -0.3 is 14.6 Å². The van der Waals surface area contributed by atoms with E-state index in [0.717, 1.165) is 18.8 Å². The van der Waals surface area contributed by atoms with Crippen molar-refractivity contribution in [1.29, 1.82) is 0 Å². The maximum atomic E-state index is 12.2. The molecule has 1 aromatic heterocycles. The highest BCUT2D eigenvalue weighted by atomic mass is 32.2. The molecule has 27 heavy (non-hydrogen) atoms. The molecule has 0 spiro atoms. The van der Waals surface area contributed by atoms with E-state index in [1.807, 2.05) is 24.3 Å². The molecule has 0 atom stereocenters. The number of piperidine rings is 1. The Morgan fingerprint density at radius 3 is 2.44 bits per heavy atom. The number of nitrogens with zero attached hydrogens (tertiary/aromatic N) is 2. The largest absolute Gasteiger partial charge is 0.459 e. The van der Waals surface area contributed by atoms with E-state index in [4.69, 9.17) is 4.42 Å². The standard InChI is InChI=1S/C19H25N3O4S/c1-27(24,25)22(14-11-20-19(23)18-6-5-15-26-18)17-9-7-16(8-10-17)21-12-3-2-4-13-21/h5-10,15H,2-4,11-14H2,1H3,(H,20,23). The first-order valence-electron chi connectivity index (χ1n) is 9.09. The van der Waals surface area contributed by atoms with Crippen molar-refractivity contribution in [2.24, 2.45) is 0 Å². The second-order valence-corrected chi connectivity index (χ2v) is 8.54. The van der Waals surface area contributed by atoms with Crippen LogP contribution in [-0.2, 0) is 10.0 Å². The van der Waals surface area contributed by atoms with Gasteiger partial charge in [0, 0.05) is 25.3 Å². The lowest BCUT2D eigenvalue weighted by atomic mass is 10.1. The normalized spacial score (nSPS) is 14.8. The summed E-state index contributed by atoms with van der Waals surface area (Å²) in [4.78, 5) is 14.2. The molecular formula is C19H25N3O4S. The Hall–Kier alpha value is -2.48. The molecule has 1 N–H and O–H groups in total. The van der Waals surface area contributed by atoms with Gasteiger partial charge in [0.1, 0.15) is 0 Å². The molecule has 7 nitrogen and oxygen atoms in total. The molecule has 146 valence electrons. The van der Waals surface area contributed by atoms with Crippen LogP contribution in [0.3, 0.4) is 0 Å². The lowest BCUT2D eigenvalue weighted by Crippen LogP contribution is -2.38. The molecule has 0 saturated carbocycles. The Bertz CT molecular complexity index is 842. The predicted molar refractivity (Wildman–Crippen MR) is 106 cm³/mol. The summed E-state index contributed by atoms with van der Waals surface area (Å²) in [6.45, 7) is 2.40. The number of carbonyl (C=O) groups is 1. The molecule has 1 saturated heterocycles. The molecule has 0 unspecified atom stereocenters. The molecule has 1 aliphatic heterocycles. The second kappa shape index (κ2) is 8.47. The molecule has 1 amide bonds. The minimum atomic E-state index is -3.46. The third-order valence-corrected chi connectivity index (χ3v) is 5.80. The molecule has 1 aliphatic rings. The molecule has 2 heterocycles. The van der Waals surface area contributed by atoms with Crippen molar-refractivity contribution in [2.45, 2.75) is 19.3 Å². The number of hydrogen-bond acceptors (Lipinski definition) is 5. The van der Waals surface area contributed by atoms with Crippen LogP contribution in [-0.4, -0.2) is 46.8 Å². The Balaban J connectivity index is 1.64. The summed E-state index contributed by atoms with van der Waals surface area (Å²) >= 11 is 0. The molecule has 0 bridgehead atoms. The van der Waals surface area contributed by atoms with Crippen LogP contribution < -0.4 is 14.5 Å². The molecule has 0 aliphatic carbocycles. The zero-order valence-corrected chi connectivity index (χ0v) is 16.2. The summed E-state index contributed by atoms with van der Waals surface area (Å²) in [6, 6.07) is 10.7. The zero-order valence-electron chi connectivity index (χ0n) is 15.4. The number of furan rings is 1. The highest BCUT2D eigenvalue weighted by molar-refractivity contribution is 7.92. The summed E-state index contributed by atoms with van der Waals surface area (Å²) in [5.74, 6) is -0.166. The van der Waals surface area contributed by atoms with Crippen LogP contribution in [0, 0.1) is 0 Å². The van der Waals surface area contributed by atoms with E-state index in [1.165, 1.54) is 36.1 Å². The van der Waals surface area contributed by atoms with Crippen LogP contribution in [0.15, 0.2) is 47.1 Å². The Kier molecular flexibility index (Phi) is 6.05. The monoisotopic (exact) mass is 391 g/mol. The summed E-state index contributed by atoms with van der Waals surface area (Å²) in [6.07, 6.45) is 6.22. The van der Waals surface area contributed by atoms with Gasteiger partial charge in [-0.05, 0) is 55.7 Å². The molecular weight excluding hydrogens is 366 g/mol. The number of carbonyl (C=O) groups excluding carboxylic acids is 1. The Morgan fingerprint density at radius 2 is 1.85 bits per heavy atom. The number of sulfonamides is 1. The molecule has 1 fully saturated rings. The van der Waals surface area contributed by atoms with Gasteiger partial charge in [0.2, 0.25) is 10.0 Å². The van der Waals surface area contributed by atoms with Crippen molar-refractivity contribution >= 4 is 27.3 Å². The maximum absolute atomic E-state index is 12.2. The van der Waals surface area contributed by atoms with Crippen LogP contribution in [0.1, 0.15) is 29.8 Å². The van der Waals surface area contributed by atoms with Gasteiger partial charge in [-0.3, -0.25) is 9.10 Å². The van der Waals surface area contributed by atoms with Crippen molar-refractivity contribution in [1.82, 2.24) is 5.32 Å².